The Hall–Kier alpha value is -1.89. The van der Waals surface area contributed by atoms with Crippen LogP contribution in [0.4, 0.5) is 4.79 Å². The molecule has 1 saturated carbocycles. The molecule has 1 aliphatic carbocycles. The molecule has 0 aromatic carbocycles. The molecule has 1 aromatic heterocycles. The first kappa shape index (κ1) is 14.5. The highest BCUT2D eigenvalue weighted by molar-refractivity contribution is 5.75. The van der Waals surface area contributed by atoms with Crippen molar-refractivity contribution in [2.24, 2.45) is 0 Å². The van der Waals surface area contributed by atoms with Gasteiger partial charge >= 0.3 is 6.03 Å². The zero-order chi connectivity index (χ0) is 14.5. The lowest BCUT2D eigenvalue weighted by Gasteiger charge is -2.30. The highest BCUT2D eigenvalue weighted by Crippen LogP contribution is 2.34. The van der Waals surface area contributed by atoms with Gasteiger partial charge in [0, 0.05) is 18.5 Å². The van der Waals surface area contributed by atoms with Crippen LogP contribution in [0, 0.1) is 12.3 Å². The van der Waals surface area contributed by atoms with E-state index in [-0.39, 0.29) is 18.1 Å². The molecule has 108 valence electrons. The second-order valence-corrected chi connectivity index (χ2v) is 5.29. The van der Waals surface area contributed by atoms with E-state index in [1.807, 2.05) is 30.9 Å². The maximum absolute atomic E-state index is 12.5. The number of nitrogens with one attached hydrogen (secondary N) is 1. The van der Waals surface area contributed by atoms with E-state index in [0.717, 1.165) is 25.0 Å². The summed E-state index contributed by atoms with van der Waals surface area (Å²) in [6.07, 6.45) is 10.5. The quantitative estimate of drug-likeness (QED) is 0.809. The molecule has 1 aromatic rings. The number of carbonyl (C=O) groups excluding carboxylic acids is 1. The summed E-state index contributed by atoms with van der Waals surface area (Å²) in [4.78, 5) is 14.4. The van der Waals surface area contributed by atoms with Gasteiger partial charge in [-0.2, -0.15) is 0 Å². The summed E-state index contributed by atoms with van der Waals surface area (Å²) in [6.45, 7) is 4.03. The smallest absolute Gasteiger partial charge is 0.318 e. The molecule has 2 atom stereocenters. The number of rotatable bonds is 6. The van der Waals surface area contributed by atoms with E-state index < -0.39 is 0 Å². The SMILES string of the molecule is C#CC[C@H](CC)NC(=O)N(C1CC1)[C@H](C)c1ccco1. The molecular weight excluding hydrogens is 252 g/mol. The molecule has 2 rings (SSSR count). The summed E-state index contributed by atoms with van der Waals surface area (Å²) in [5.41, 5.74) is 0. The van der Waals surface area contributed by atoms with Crippen LogP contribution in [0.25, 0.3) is 0 Å². The Kier molecular flexibility index (Phi) is 4.73. The Balaban J connectivity index is 2.05. The maximum Gasteiger partial charge on any atom is 0.318 e. The van der Waals surface area contributed by atoms with Crippen molar-refractivity contribution in [3.8, 4) is 12.3 Å². The molecule has 1 aliphatic rings. The van der Waals surface area contributed by atoms with E-state index in [1.54, 1.807) is 6.26 Å². The van der Waals surface area contributed by atoms with Crippen molar-refractivity contribution in [3.63, 3.8) is 0 Å². The zero-order valence-electron chi connectivity index (χ0n) is 12.1. The molecule has 4 nitrogen and oxygen atoms in total. The van der Waals surface area contributed by atoms with Crippen LogP contribution in [0.3, 0.4) is 0 Å². The first-order valence-electron chi connectivity index (χ1n) is 7.23. The molecule has 20 heavy (non-hydrogen) atoms. The Morgan fingerprint density at radius 2 is 2.40 bits per heavy atom. The summed E-state index contributed by atoms with van der Waals surface area (Å²) in [7, 11) is 0. The fourth-order valence-corrected chi connectivity index (χ4v) is 2.37. The summed E-state index contributed by atoms with van der Waals surface area (Å²) in [6, 6.07) is 4.02. The van der Waals surface area contributed by atoms with E-state index in [2.05, 4.69) is 11.2 Å². The minimum Gasteiger partial charge on any atom is -0.467 e. The number of urea groups is 1. The van der Waals surface area contributed by atoms with Crippen molar-refractivity contribution in [2.75, 3.05) is 0 Å². The number of furan rings is 1. The molecular formula is C16H22N2O2. The topological polar surface area (TPSA) is 45.5 Å². The molecule has 1 fully saturated rings. The molecule has 0 radical (unpaired) electrons. The number of hydrogen-bond donors (Lipinski definition) is 1. The van der Waals surface area contributed by atoms with Gasteiger partial charge in [0.25, 0.3) is 0 Å². The molecule has 0 spiro atoms. The average molecular weight is 274 g/mol. The van der Waals surface area contributed by atoms with Gasteiger partial charge in [-0.1, -0.05) is 6.92 Å². The predicted octanol–water partition coefficient (Wildman–Crippen LogP) is 3.32. The van der Waals surface area contributed by atoms with Crippen molar-refractivity contribution in [1.82, 2.24) is 10.2 Å². The van der Waals surface area contributed by atoms with E-state index >= 15 is 0 Å². The monoisotopic (exact) mass is 274 g/mol. The third kappa shape index (κ3) is 3.36. The van der Waals surface area contributed by atoms with Crippen molar-refractivity contribution >= 4 is 6.03 Å². The van der Waals surface area contributed by atoms with Crippen LogP contribution in [0.2, 0.25) is 0 Å². The summed E-state index contributed by atoms with van der Waals surface area (Å²) >= 11 is 0. The zero-order valence-corrected chi connectivity index (χ0v) is 12.1. The van der Waals surface area contributed by atoms with E-state index in [1.165, 1.54) is 0 Å². The number of hydrogen-bond acceptors (Lipinski definition) is 2. The van der Waals surface area contributed by atoms with Crippen molar-refractivity contribution in [3.05, 3.63) is 24.2 Å². The second-order valence-electron chi connectivity index (χ2n) is 5.29. The first-order chi connectivity index (χ1) is 9.67. The molecule has 0 saturated heterocycles. The van der Waals surface area contributed by atoms with Gasteiger partial charge in [-0.05, 0) is 38.3 Å². The minimum absolute atomic E-state index is 0.0394. The molecule has 1 heterocycles. The van der Waals surface area contributed by atoms with Gasteiger partial charge in [0.15, 0.2) is 0 Å². The van der Waals surface area contributed by atoms with Crippen LogP contribution >= 0.6 is 0 Å². The Morgan fingerprint density at radius 1 is 1.65 bits per heavy atom. The molecule has 2 amide bonds. The summed E-state index contributed by atoms with van der Waals surface area (Å²) in [5.74, 6) is 3.43. The van der Waals surface area contributed by atoms with Crippen LogP contribution in [0.5, 0.6) is 0 Å². The Bertz CT molecular complexity index is 471. The number of nitrogens with zero attached hydrogens (tertiary/aromatic N) is 1. The Morgan fingerprint density at radius 3 is 2.90 bits per heavy atom. The van der Waals surface area contributed by atoms with Crippen LogP contribution in [-0.4, -0.2) is 23.0 Å². The van der Waals surface area contributed by atoms with E-state index in [4.69, 9.17) is 10.8 Å². The van der Waals surface area contributed by atoms with Crippen molar-refractivity contribution < 1.29 is 9.21 Å². The third-order valence-electron chi connectivity index (χ3n) is 3.73. The molecule has 4 heteroatoms. The summed E-state index contributed by atoms with van der Waals surface area (Å²) in [5, 5.41) is 3.03. The number of terminal acetylenes is 1. The van der Waals surface area contributed by atoms with Gasteiger partial charge in [0.05, 0.1) is 12.3 Å². The third-order valence-corrected chi connectivity index (χ3v) is 3.73. The van der Waals surface area contributed by atoms with E-state index in [9.17, 15) is 4.79 Å². The fourth-order valence-electron chi connectivity index (χ4n) is 2.37. The fraction of sp³-hybridized carbons (Fsp3) is 0.562. The van der Waals surface area contributed by atoms with Gasteiger partial charge in [0.2, 0.25) is 0 Å². The van der Waals surface area contributed by atoms with Gasteiger partial charge in [-0.3, -0.25) is 0 Å². The standard InChI is InChI=1S/C16H22N2O2/c1-4-7-13(5-2)17-16(19)18(14-9-10-14)12(3)15-8-6-11-20-15/h1,6,8,11-14H,5,7,9-10H2,2-3H3,(H,17,19)/t12-,13+/m1/s1. The first-order valence-corrected chi connectivity index (χ1v) is 7.23. The van der Waals surface area contributed by atoms with Gasteiger partial charge in [0.1, 0.15) is 5.76 Å². The van der Waals surface area contributed by atoms with Gasteiger partial charge < -0.3 is 14.6 Å². The van der Waals surface area contributed by atoms with Crippen LogP contribution < -0.4 is 5.32 Å². The van der Waals surface area contributed by atoms with Gasteiger partial charge in [-0.15, -0.1) is 12.3 Å². The second kappa shape index (κ2) is 6.51. The molecule has 0 aliphatic heterocycles. The van der Waals surface area contributed by atoms with Crippen LogP contribution in [0.1, 0.15) is 51.3 Å². The Labute approximate surface area is 120 Å². The van der Waals surface area contributed by atoms with Gasteiger partial charge in [-0.25, -0.2) is 4.79 Å². The van der Waals surface area contributed by atoms with Crippen molar-refractivity contribution in [2.45, 2.75) is 57.7 Å². The lowest BCUT2D eigenvalue weighted by Crippen LogP contribution is -2.46. The largest absolute Gasteiger partial charge is 0.467 e. The number of amides is 2. The lowest BCUT2D eigenvalue weighted by molar-refractivity contribution is 0.162. The van der Waals surface area contributed by atoms with Crippen LogP contribution in [-0.2, 0) is 0 Å². The number of carbonyl (C=O) groups is 1. The molecule has 0 bridgehead atoms. The average Bonchev–Trinajstić information content (AvgIpc) is 3.10. The summed E-state index contributed by atoms with van der Waals surface area (Å²) < 4.78 is 5.43. The normalized spacial score (nSPS) is 17.1. The van der Waals surface area contributed by atoms with Crippen LogP contribution in [0.15, 0.2) is 22.8 Å². The molecule has 0 unspecified atom stereocenters. The van der Waals surface area contributed by atoms with E-state index in [0.29, 0.717) is 12.5 Å². The highest BCUT2D eigenvalue weighted by Gasteiger charge is 2.37. The highest BCUT2D eigenvalue weighted by atomic mass is 16.3. The molecule has 1 N–H and O–H groups in total. The predicted molar refractivity (Wildman–Crippen MR) is 78.0 cm³/mol. The maximum atomic E-state index is 12.5. The lowest BCUT2D eigenvalue weighted by atomic mass is 10.1. The minimum atomic E-state index is -0.0548. The van der Waals surface area contributed by atoms with Crippen molar-refractivity contribution in [1.29, 1.82) is 0 Å².